The van der Waals surface area contributed by atoms with Crippen LogP contribution in [0.4, 0.5) is 11.4 Å². The summed E-state index contributed by atoms with van der Waals surface area (Å²) in [6, 6.07) is 12.4. The van der Waals surface area contributed by atoms with Gasteiger partial charge < -0.3 is 24.2 Å². The van der Waals surface area contributed by atoms with Gasteiger partial charge in [-0.05, 0) is 42.5 Å². The Labute approximate surface area is 185 Å². The first kappa shape index (κ1) is 21.1. The lowest BCUT2D eigenvalue weighted by atomic mass is 10.1. The fourth-order valence-electron chi connectivity index (χ4n) is 3.23. The molecule has 1 aromatic heterocycles. The van der Waals surface area contributed by atoms with Crippen molar-refractivity contribution in [3.63, 3.8) is 0 Å². The fraction of sp³-hybridized carbons (Fsp3) is 0.318. The molecule has 3 aromatic rings. The molecule has 0 radical (unpaired) electrons. The standard InChI is InChI=1S/C22H23ClN4O4/c1-2-21-25-20(26-31-21)14-30-17-6-3-15(4-7-17)22(28)24-18-13-16(23)5-8-19(18)27-9-11-29-12-10-27/h3-8,13H,2,9-12,14H2,1H3,(H,24,28). The van der Waals surface area contributed by atoms with Crippen molar-refractivity contribution in [1.29, 1.82) is 0 Å². The van der Waals surface area contributed by atoms with Gasteiger partial charge in [-0.25, -0.2) is 0 Å². The average molecular weight is 443 g/mol. The Morgan fingerprint density at radius 1 is 1.19 bits per heavy atom. The average Bonchev–Trinajstić information content (AvgIpc) is 3.27. The van der Waals surface area contributed by atoms with Crippen molar-refractivity contribution in [2.45, 2.75) is 20.0 Å². The van der Waals surface area contributed by atoms with Gasteiger partial charge in [0.1, 0.15) is 5.75 Å². The molecule has 9 heteroatoms. The number of ether oxygens (including phenoxy) is 2. The lowest BCUT2D eigenvalue weighted by Crippen LogP contribution is -2.36. The van der Waals surface area contributed by atoms with Gasteiger partial charge in [-0.1, -0.05) is 23.7 Å². The first-order chi connectivity index (χ1) is 15.1. The molecular weight excluding hydrogens is 420 g/mol. The van der Waals surface area contributed by atoms with Crippen LogP contribution in [0.15, 0.2) is 47.0 Å². The smallest absolute Gasteiger partial charge is 0.255 e. The summed E-state index contributed by atoms with van der Waals surface area (Å²) >= 11 is 6.17. The van der Waals surface area contributed by atoms with Crippen LogP contribution in [0.3, 0.4) is 0 Å². The highest BCUT2D eigenvalue weighted by Gasteiger charge is 2.17. The first-order valence-electron chi connectivity index (χ1n) is 10.1. The molecule has 0 saturated carbocycles. The molecule has 31 heavy (non-hydrogen) atoms. The highest BCUT2D eigenvalue weighted by molar-refractivity contribution is 6.31. The third-order valence-electron chi connectivity index (χ3n) is 4.86. The highest BCUT2D eigenvalue weighted by Crippen LogP contribution is 2.30. The van der Waals surface area contributed by atoms with Gasteiger partial charge in [-0.15, -0.1) is 0 Å². The number of amides is 1. The normalized spacial score (nSPS) is 13.8. The molecule has 1 amide bonds. The summed E-state index contributed by atoms with van der Waals surface area (Å²) in [4.78, 5) is 19.2. The second-order valence-electron chi connectivity index (χ2n) is 6.99. The predicted octanol–water partition coefficient (Wildman–Crippen LogP) is 3.95. The number of nitrogens with zero attached hydrogens (tertiary/aromatic N) is 3. The summed E-state index contributed by atoms with van der Waals surface area (Å²) in [5.74, 6) is 1.43. The van der Waals surface area contributed by atoms with E-state index in [0.717, 1.165) is 18.8 Å². The van der Waals surface area contributed by atoms with Crippen molar-refractivity contribution in [2.24, 2.45) is 0 Å². The summed E-state index contributed by atoms with van der Waals surface area (Å²) in [7, 11) is 0. The number of morpholine rings is 1. The van der Waals surface area contributed by atoms with Crippen molar-refractivity contribution < 1.29 is 18.8 Å². The number of aromatic nitrogens is 2. The van der Waals surface area contributed by atoms with Gasteiger partial charge in [0.25, 0.3) is 5.91 Å². The molecule has 1 saturated heterocycles. The van der Waals surface area contributed by atoms with E-state index in [2.05, 4.69) is 20.4 Å². The number of benzene rings is 2. The van der Waals surface area contributed by atoms with Crippen LogP contribution in [-0.2, 0) is 17.8 Å². The molecule has 0 aliphatic carbocycles. The van der Waals surface area contributed by atoms with E-state index in [1.165, 1.54) is 0 Å². The summed E-state index contributed by atoms with van der Waals surface area (Å²) in [6.45, 7) is 4.96. The van der Waals surface area contributed by atoms with Gasteiger partial charge in [0, 0.05) is 30.1 Å². The van der Waals surface area contributed by atoms with Crippen molar-refractivity contribution in [3.05, 3.63) is 64.8 Å². The molecule has 1 aliphatic rings. The van der Waals surface area contributed by atoms with E-state index in [-0.39, 0.29) is 12.5 Å². The molecule has 0 spiro atoms. The van der Waals surface area contributed by atoms with E-state index in [1.54, 1.807) is 30.3 Å². The van der Waals surface area contributed by atoms with Crippen LogP contribution in [-0.4, -0.2) is 42.4 Å². The van der Waals surface area contributed by atoms with Crippen molar-refractivity contribution in [3.8, 4) is 5.75 Å². The van der Waals surface area contributed by atoms with Crippen molar-refractivity contribution >= 4 is 28.9 Å². The number of carbonyl (C=O) groups excluding carboxylic acids is 1. The number of nitrogens with one attached hydrogen (secondary N) is 1. The maximum Gasteiger partial charge on any atom is 0.255 e. The first-order valence-corrected chi connectivity index (χ1v) is 10.5. The molecule has 2 heterocycles. The second kappa shape index (κ2) is 9.80. The zero-order valence-corrected chi connectivity index (χ0v) is 17.9. The summed E-state index contributed by atoms with van der Waals surface area (Å²) in [5, 5.41) is 7.38. The third-order valence-corrected chi connectivity index (χ3v) is 5.09. The molecule has 2 aromatic carbocycles. The minimum atomic E-state index is -0.228. The molecule has 0 unspecified atom stereocenters. The Bertz CT molecular complexity index is 1030. The zero-order valence-electron chi connectivity index (χ0n) is 17.1. The molecule has 1 aliphatic heterocycles. The van der Waals surface area contributed by atoms with E-state index in [0.29, 0.717) is 53.4 Å². The summed E-state index contributed by atoms with van der Waals surface area (Å²) in [6.07, 6.45) is 0.677. The van der Waals surface area contributed by atoms with E-state index in [9.17, 15) is 4.79 Å². The van der Waals surface area contributed by atoms with Crippen LogP contribution in [0.25, 0.3) is 0 Å². The highest BCUT2D eigenvalue weighted by atomic mass is 35.5. The Hall–Kier alpha value is -3.10. The van der Waals surface area contributed by atoms with Gasteiger partial charge in [-0.3, -0.25) is 4.79 Å². The van der Waals surface area contributed by atoms with E-state index in [4.69, 9.17) is 25.6 Å². The molecule has 162 valence electrons. The topological polar surface area (TPSA) is 89.7 Å². The number of carbonyl (C=O) groups is 1. The third kappa shape index (κ3) is 5.34. The van der Waals surface area contributed by atoms with Crippen LogP contribution in [0, 0.1) is 0 Å². The molecule has 8 nitrogen and oxygen atoms in total. The number of anilines is 2. The van der Waals surface area contributed by atoms with Crippen LogP contribution in [0.2, 0.25) is 5.02 Å². The molecule has 1 N–H and O–H groups in total. The monoisotopic (exact) mass is 442 g/mol. The largest absolute Gasteiger partial charge is 0.485 e. The number of halogens is 1. The quantitative estimate of drug-likeness (QED) is 0.592. The Morgan fingerprint density at radius 2 is 1.97 bits per heavy atom. The van der Waals surface area contributed by atoms with Gasteiger partial charge in [0.15, 0.2) is 6.61 Å². The lowest BCUT2D eigenvalue weighted by Gasteiger charge is -2.30. The number of rotatable bonds is 7. The number of hydrogen-bond acceptors (Lipinski definition) is 7. The molecule has 0 bridgehead atoms. The Kier molecular flexibility index (Phi) is 6.69. The minimum Gasteiger partial charge on any atom is -0.485 e. The van der Waals surface area contributed by atoms with Gasteiger partial charge in [0.05, 0.1) is 24.6 Å². The Balaban J connectivity index is 1.41. The predicted molar refractivity (Wildman–Crippen MR) is 117 cm³/mol. The van der Waals surface area contributed by atoms with Crippen LogP contribution >= 0.6 is 11.6 Å². The van der Waals surface area contributed by atoms with Gasteiger partial charge >= 0.3 is 0 Å². The van der Waals surface area contributed by atoms with E-state index < -0.39 is 0 Å². The SMILES string of the molecule is CCc1nc(COc2ccc(C(=O)Nc3cc(Cl)ccc3N3CCOCC3)cc2)no1. The molecule has 1 fully saturated rings. The molecular formula is C22H23ClN4O4. The van der Waals surface area contributed by atoms with Gasteiger partial charge in [0.2, 0.25) is 11.7 Å². The summed E-state index contributed by atoms with van der Waals surface area (Å²) < 4.78 is 16.1. The van der Waals surface area contributed by atoms with E-state index >= 15 is 0 Å². The summed E-state index contributed by atoms with van der Waals surface area (Å²) in [5.41, 5.74) is 2.10. The van der Waals surface area contributed by atoms with Crippen LogP contribution in [0.1, 0.15) is 29.0 Å². The van der Waals surface area contributed by atoms with Crippen molar-refractivity contribution in [2.75, 3.05) is 36.5 Å². The fourth-order valence-corrected chi connectivity index (χ4v) is 3.40. The van der Waals surface area contributed by atoms with Crippen LogP contribution < -0.4 is 15.0 Å². The molecule has 0 atom stereocenters. The van der Waals surface area contributed by atoms with Crippen molar-refractivity contribution in [1.82, 2.24) is 10.1 Å². The van der Waals surface area contributed by atoms with Gasteiger partial charge in [-0.2, -0.15) is 4.98 Å². The second-order valence-corrected chi connectivity index (χ2v) is 7.42. The molecule has 4 rings (SSSR count). The Morgan fingerprint density at radius 3 is 2.68 bits per heavy atom. The maximum absolute atomic E-state index is 12.8. The number of aryl methyl sites for hydroxylation is 1. The lowest BCUT2D eigenvalue weighted by molar-refractivity contribution is 0.102. The zero-order chi connectivity index (χ0) is 21.6. The van der Waals surface area contributed by atoms with E-state index in [1.807, 2.05) is 19.1 Å². The maximum atomic E-state index is 12.8. The number of hydrogen-bond donors (Lipinski definition) is 1. The van der Waals surface area contributed by atoms with Crippen LogP contribution in [0.5, 0.6) is 5.75 Å². The minimum absolute atomic E-state index is 0.195.